The molecule has 148 valence electrons. The van der Waals surface area contributed by atoms with Crippen molar-refractivity contribution in [1.29, 1.82) is 0 Å². The molecule has 0 N–H and O–H groups in total. The van der Waals surface area contributed by atoms with Gasteiger partial charge in [-0.1, -0.05) is 63.9 Å². The molecular weight excluding hydrogens is 500 g/mol. The van der Waals surface area contributed by atoms with Crippen LogP contribution in [0.3, 0.4) is 0 Å². The van der Waals surface area contributed by atoms with Crippen molar-refractivity contribution in [3.8, 4) is 10.4 Å². The third-order valence-corrected chi connectivity index (χ3v) is 7.18. The summed E-state index contributed by atoms with van der Waals surface area (Å²) in [5, 5.41) is 1.29. The minimum absolute atomic E-state index is 0.0447. The molecule has 5 rings (SSSR count). The Hall–Kier alpha value is -2.25. The summed E-state index contributed by atoms with van der Waals surface area (Å²) in [6.45, 7) is 0.406. The molecule has 0 saturated carbocycles. The summed E-state index contributed by atoms with van der Waals surface area (Å²) in [4.78, 5) is 14.5. The molecule has 0 aliphatic heterocycles. The summed E-state index contributed by atoms with van der Waals surface area (Å²) >= 11 is 17.0. The second-order valence-electron chi connectivity index (χ2n) is 6.90. The number of benzene rings is 3. The Bertz CT molecular complexity index is 1530. The molecule has 5 aromatic rings. The molecule has 0 unspecified atom stereocenters. The van der Waals surface area contributed by atoms with Gasteiger partial charge < -0.3 is 0 Å². The Morgan fingerprint density at radius 1 is 1.00 bits per heavy atom. The Morgan fingerprint density at radius 3 is 2.53 bits per heavy atom. The van der Waals surface area contributed by atoms with E-state index in [0.29, 0.717) is 20.9 Å². The summed E-state index contributed by atoms with van der Waals surface area (Å²) in [6, 6.07) is 23.3. The number of halogens is 2. The van der Waals surface area contributed by atoms with Gasteiger partial charge in [-0.05, 0) is 59.7 Å². The molecule has 0 aliphatic rings. The zero-order valence-electron chi connectivity index (χ0n) is 15.5. The molecule has 30 heavy (non-hydrogen) atoms. The molecule has 0 radical (unpaired) electrons. The highest BCUT2D eigenvalue weighted by molar-refractivity contribution is 9.10. The highest BCUT2D eigenvalue weighted by Gasteiger charge is 2.18. The predicted molar refractivity (Wildman–Crippen MR) is 132 cm³/mol. The van der Waals surface area contributed by atoms with Crippen molar-refractivity contribution in [2.24, 2.45) is 0 Å². The molecule has 0 spiro atoms. The molecule has 7 heteroatoms. The second kappa shape index (κ2) is 7.78. The van der Waals surface area contributed by atoms with Crippen LogP contribution in [0.4, 0.5) is 0 Å². The van der Waals surface area contributed by atoms with Crippen molar-refractivity contribution >= 4 is 67.6 Å². The Kier molecular flexibility index (Phi) is 5.11. The number of rotatable bonds is 3. The van der Waals surface area contributed by atoms with Crippen LogP contribution in [-0.2, 0) is 6.54 Å². The maximum Gasteiger partial charge on any atom is 0.261 e. The van der Waals surface area contributed by atoms with E-state index in [0.717, 1.165) is 31.6 Å². The van der Waals surface area contributed by atoms with Crippen LogP contribution in [0, 0.1) is 3.95 Å². The van der Waals surface area contributed by atoms with E-state index >= 15 is 0 Å². The van der Waals surface area contributed by atoms with Crippen LogP contribution in [-0.4, -0.2) is 8.97 Å². The Balaban J connectivity index is 1.90. The number of nitrogens with zero attached hydrogens (tertiary/aromatic N) is 2. The molecule has 0 saturated heterocycles. The normalized spacial score (nSPS) is 11.4. The van der Waals surface area contributed by atoms with Crippen molar-refractivity contribution < 1.29 is 0 Å². The minimum Gasteiger partial charge on any atom is -0.288 e. The molecule has 0 aliphatic carbocycles. The molecule has 0 amide bonds. The molecule has 3 nitrogen and oxygen atoms in total. The third-order valence-electron chi connectivity index (χ3n) is 5.00. The van der Waals surface area contributed by atoms with E-state index in [1.807, 2.05) is 77.2 Å². The van der Waals surface area contributed by atoms with Crippen LogP contribution in [0.1, 0.15) is 5.56 Å². The van der Waals surface area contributed by atoms with E-state index < -0.39 is 0 Å². The first-order chi connectivity index (χ1) is 14.5. The average molecular weight is 514 g/mol. The van der Waals surface area contributed by atoms with Crippen LogP contribution >= 0.6 is 51.1 Å². The van der Waals surface area contributed by atoms with Gasteiger partial charge in [-0.15, -0.1) is 11.3 Å². The quantitative estimate of drug-likeness (QED) is 0.239. The molecule has 2 heterocycles. The first kappa shape index (κ1) is 19.7. The summed E-state index contributed by atoms with van der Waals surface area (Å²) in [5.41, 5.74) is 3.56. The van der Waals surface area contributed by atoms with Crippen LogP contribution in [0.15, 0.2) is 82.1 Å². The lowest BCUT2D eigenvalue weighted by molar-refractivity contribution is 0.781. The maximum absolute atomic E-state index is 13.6. The first-order valence-corrected chi connectivity index (χ1v) is 11.6. The number of para-hydroxylation sites is 1. The van der Waals surface area contributed by atoms with E-state index in [1.165, 1.54) is 11.3 Å². The molecule has 0 fully saturated rings. The second-order valence-corrected chi connectivity index (χ2v) is 9.90. The topological polar surface area (TPSA) is 26.4 Å². The monoisotopic (exact) mass is 512 g/mol. The number of fused-ring (bicyclic) bond motifs is 3. The summed E-state index contributed by atoms with van der Waals surface area (Å²) in [6.07, 6.45) is 0. The first-order valence-electron chi connectivity index (χ1n) is 9.20. The molecule has 2 aromatic heterocycles. The number of hydrogen-bond donors (Lipinski definition) is 0. The van der Waals surface area contributed by atoms with E-state index in [-0.39, 0.29) is 5.56 Å². The molecule has 0 bridgehead atoms. The van der Waals surface area contributed by atoms with Crippen LogP contribution in [0.2, 0.25) is 5.02 Å². The zero-order valence-corrected chi connectivity index (χ0v) is 19.5. The van der Waals surface area contributed by atoms with E-state index in [9.17, 15) is 4.79 Å². The lowest BCUT2D eigenvalue weighted by atomic mass is 10.1. The number of hydrogen-bond acceptors (Lipinski definition) is 3. The molecule has 0 atom stereocenters. The van der Waals surface area contributed by atoms with E-state index in [4.69, 9.17) is 23.8 Å². The standard InChI is InChI=1S/C23H14BrClN2OS2/c24-16-10-8-15(9-11-16)20-21-26(13-14-4-3-5-17(25)12-14)22(28)18-6-1-2-7-19(18)27(21)23(29)30-20/h1-12H,13H2. The van der Waals surface area contributed by atoms with Gasteiger partial charge in [0.05, 0.1) is 22.3 Å². The number of thiazole rings is 1. The highest BCUT2D eigenvalue weighted by atomic mass is 79.9. The van der Waals surface area contributed by atoms with Gasteiger partial charge in [-0.2, -0.15) is 0 Å². The predicted octanol–water partition coefficient (Wildman–Crippen LogP) is 7.18. The Morgan fingerprint density at radius 2 is 1.77 bits per heavy atom. The van der Waals surface area contributed by atoms with Crippen molar-refractivity contribution in [3.63, 3.8) is 0 Å². The van der Waals surface area contributed by atoms with Gasteiger partial charge >= 0.3 is 0 Å². The van der Waals surface area contributed by atoms with Gasteiger partial charge in [0.15, 0.2) is 3.95 Å². The van der Waals surface area contributed by atoms with Gasteiger partial charge in [-0.25, -0.2) is 0 Å². The summed E-state index contributed by atoms with van der Waals surface area (Å²) in [7, 11) is 0. The third kappa shape index (κ3) is 3.34. The fourth-order valence-electron chi connectivity index (χ4n) is 3.67. The van der Waals surface area contributed by atoms with Crippen molar-refractivity contribution in [1.82, 2.24) is 8.97 Å². The maximum atomic E-state index is 13.6. The fourth-order valence-corrected chi connectivity index (χ4v) is 5.58. The zero-order chi connectivity index (χ0) is 20.8. The smallest absolute Gasteiger partial charge is 0.261 e. The lowest BCUT2D eigenvalue weighted by Crippen LogP contribution is -2.23. The van der Waals surface area contributed by atoms with Crippen LogP contribution < -0.4 is 5.56 Å². The average Bonchev–Trinajstić information content (AvgIpc) is 3.09. The van der Waals surface area contributed by atoms with Gasteiger partial charge in [0.1, 0.15) is 5.65 Å². The minimum atomic E-state index is -0.0447. The fraction of sp³-hybridized carbons (Fsp3) is 0.0435. The largest absolute Gasteiger partial charge is 0.288 e. The highest BCUT2D eigenvalue weighted by Crippen LogP contribution is 2.34. The van der Waals surface area contributed by atoms with Crippen molar-refractivity contribution in [2.45, 2.75) is 6.54 Å². The summed E-state index contributed by atoms with van der Waals surface area (Å²) in [5.74, 6) is 0. The Labute approximate surface area is 194 Å². The van der Waals surface area contributed by atoms with Gasteiger partial charge in [0, 0.05) is 9.50 Å². The van der Waals surface area contributed by atoms with E-state index in [2.05, 4.69) is 15.9 Å². The van der Waals surface area contributed by atoms with Crippen LogP contribution in [0.25, 0.3) is 27.0 Å². The van der Waals surface area contributed by atoms with Crippen molar-refractivity contribution in [2.75, 3.05) is 0 Å². The molecule has 3 aromatic carbocycles. The lowest BCUT2D eigenvalue weighted by Gasteiger charge is -2.14. The number of aromatic nitrogens is 2. The molecular formula is C23H14BrClN2OS2. The SMILES string of the molecule is O=c1c2ccccc2n2c(=S)sc(-c3ccc(Br)cc3)c2n1Cc1cccc(Cl)c1. The van der Waals surface area contributed by atoms with Gasteiger partial charge in [-0.3, -0.25) is 13.8 Å². The van der Waals surface area contributed by atoms with Gasteiger partial charge in [0.2, 0.25) is 0 Å². The van der Waals surface area contributed by atoms with Crippen LogP contribution in [0.5, 0.6) is 0 Å². The van der Waals surface area contributed by atoms with Gasteiger partial charge in [0.25, 0.3) is 5.56 Å². The summed E-state index contributed by atoms with van der Waals surface area (Å²) < 4.78 is 5.52. The van der Waals surface area contributed by atoms with Crippen molar-refractivity contribution in [3.05, 3.63) is 102 Å². The van der Waals surface area contributed by atoms with E-state index in [1.54, 1.807) is 4.57 Å².